The Bertz CT molecular complexity index is 252. The lowest BCUT2D eigenvalue weighted by Crippen LogP contribution is -2.09. The molecule has 1 aromatic heterocycles. The van der Waals surface area contributed by atoms with Crippen molar-refractivity contribution in [1.29, 1.82) is 0 Å². The van der Waals surface area contributed by atoms with E-state index in [9.17, 15) is 0 Å². The smallest absolute Gasteiger partial charge is 0.128 e. The lowest BCUT2D eigenvalue weighted by atomic mass is 10.3. The fourth-order valence-electron chi connectivity index (χ4n) is 1.06. The van der Waals surface area contributed by atoms with Crippen LogP contribution in [0.3, 0.4) is 0 Å². The average Bonchev–Trinajstić information content (AvgIpc) is 2.19. The maximum atomic E-state index is 4.42. The van der Waals surface area contributed by atoms with Gasteiger partial charge in [-0.3, -0.25) is 0 Å². The van der Waals surface area contributed by atoms with Gasteiger partial charge in [0.25, 0.3) is 0 Å². The first-order valence-electron chi connectivity index (χ1n) is 4.38. The molecule has 0 aliphatic heterocycles. The molecule has 4 heteroatoms. The van der Waals surface area contributed by atoms with Crippen molar-refractivity contribution in [2.75, 3.05) is 13.6 Å². The fourth-order valence-corrected chi connectivity index (χ4v) is 1.48. The summed E-state index contributed by atoms with van der Waals surface area (Å²) in [5.74, 6) is 0.962. The summed E-state index contributed by atoms with van der Waals surface area (Å²) in [4.78, 5) is 8.63. The molecule has 0 atom stereocenters. The molecule has 0 spiro atoms. The molecule has 3 nitrogen and oxygen atoms in total. The second-order valence-corrected chi connectivity index (χ2v) is 3.57. The van der Waals surface area contributed by atoms with E-state index in [2.05, 4.69) is 37.9 Å². The largest absolute Gasteiger partial charge is 0.320 e. The first-order chi connectivity index (χ1) is 6.36. The molecule has 0 fully saturated rings. The maximum absolute atomic E-state index is 4.42. The van der Waals surface area contributed by atoms with Gasteiger partial charge in [0.15, 0.2) is 0 Å². The molecule has 1 N–H and O–H groups in total. The van der Waals surface area contributed by atoms with Crippen LogP contribution in [-0.4, -0.2) is 23.6 Å². The number of halogens is 1. The third-order valence-corrected chi connectivity index (χ3v) is 2.51. The lowest BCUT2D eigenvalue weighted by molar-refractivity contribution is 0.700. The molecule has 1 aromatic rings. The number of hydrogen-bond acceptors (Lipinski definition) is 3. The van der Waals surface area contributed by atoms with E-state index >= 15 is 0 Å². The number of aromatic nitrogens is 2. The van der Waals surface area contributed by atoms with Gasteiger partial charge in [-0.05, 0) is 26.1 Å². The average molecular weight is 291 g/mol. The minimum atomic E-state index is 0.958. The van der Waals surface area contributed by atoms with Crippen molar-refractivity contribution in [2.45, 2.75) is 17.3 Å². The minimum Gasteiger partial charge on any atom is -0.320 e. The van der Waals surface area contributed by atoms with Crippen molar-refractivity contribution in [3.63, 3.8) is 0 Å². The van der Waals surface area contributed by atoms with Gasteiger partial charge in [0.05, 0.1) is 5.69 Å². The Kier molecular flexibility index (Phi) is 5.22. The second-order valence-electron chi connectivity index (χ2n) is 2.80. The summed E-state index contributed by atoms with van der Waals surface area (Å²) in [6.45, 7) is 1.03. The Morgan fingerprint density at radius 3 is 3.08 bits per heavy atom. The lowest BCUT2D eigenvalue weighted by Gasteiger charge is -2.00. The van der Waals surface area contributed by atoms with Crippen molar-refractivity contribution < 1.29 is 0 Å². The SMILES string of the molecule is CNCCCc1nccc(CI)n1. The molecule has 0 aliphatic rings. The summed E-state index contributed by atoms with van der Waals surface area (Å²) in [5, 5.41) is 3.11. The monoisotopic (exact) mass is 291 g/mol. The van der Waals surface area contributed by atoms with Crippen molar-refractivity contribution >= 4 is 22.6 Å². The van der Waals surface area contributed by atoms with Gasteiger partial charge in [-0.15, -0.1) is 0 Å². The van der Waals surface area contributed by atoms with Crippen LogP contribution >= 0.6 is 22.6 Å². The van der Waals surface area contributed by atoms with Crippen molar-refractivity contribution in [3.8, 4) is 0 Å². The van der Waals surface area contributed by atoms with Gasteiger partial charge in [-0.25, -0.2) is 9.97 Å². The van der Waals surface area contributed by atoms with E-state index in [1.807, 2.05) is 19.3 Å². The van der Waals surface area contributed by atoms with Crippen LogP contribution in [0.1, 0.15) is 17.9 Å². The van der Waals surface area contributed by atoms with Gasteiger partial charge in [0.1, 0.15) is 5.82 Å². The Hall–Kier alpha value is -0.230. The number of hydrogen-bond donors (Lipinski definition) is 1. The quantitative estimate of drug-likeness (QED) is 0.508. The zero-order valence-corrected chi connectivity index (χ0v) is 9.91. The highest BCUT2D eigenvalue weighted by atomic mass is 127. The third-order valence-electron chi connectivity index (χ3n) is 1.73. The van der Waals surface area contributed by atoms with E-state index in [4.69, 9.17) is 0 Å². The fraction of sp³-hybridized carbons (Fsp3) is 0.556. The van der Waals surface area contributed by atoms with Crippen molar-refractivity contribution in [2.24, 2.45) is 0 Å². The molecule has 0 saturated heterocycles. The summed E-state index contributed by atoms with van der Waals surface area (Å²) >= 11 is 2.31. The highest BCUT2D eigenvalue weighted by Gasteiger charge is 1.97. The van der Waals surface area contributed by atoms with Gasteiger partial charge in [0.2, 0.25) is 0 Å². The summed E-state index contributed by atoms with van der Waals surface area (Å²) < 4.78 is 0.958. The molecule has 0 amide bonds. The van der Waals surface area contributed by atoms with E-state index < -0.39 is 0 Å². The van der Waals surface area contributed by atoms with Crippen molar-refractivity contribution in [3.05, 3.63) is 23.8 Å². The van der Waals surface area contributed by atoms with Crippen LogP contribution in [0.25, 0.3) is 0 Å². The Morgan fingerprint density at radius 2 is 2.38 bits per heavy atom. The number of aryl methyl sites for hydroxylation is 1. The predicted molar refractivity (Wildman–Crippen MR) is 62.0 cm³/mol. The zero-order chi connectivity index (χ0) is 9.52. The zero-order valence-electron chi connectivity index (χ0n) is 7.76. The molecule has 0 bridgehead atoms. The molecule has 0 unspecified atom stereocenters. The molecule has 72 valence electrons. The summed E-state index contributed by atoms with van der Waals surface area (Å²) in [6, 6.07) is 1.97. The molecule has 1 rings (SSSR count). The van der Waals surface area contributed by atoms with Gasteiger partial charge < -0.3 is 5.32 Å². The van der Waals surface area contributed by atoms with E-state index in [0.717, 1.165) is 35.3 Å². The second kappa shape index (κ2) is 6.26. The molecule has 1 heterocycles. The van der Waals surface area contributed by atoms with Gasteiger partial charge in [0, 0.05) is 17.0 Å². The summed E-state index contributed by atoms with van der Waals surface area (Å²) in [6.07, 6.45) is 3.90. The Labute approximate surface area is 92.5 Å². The minimum absolute atomic E-state index is 0.958. The van der Waals surface area contributed by atoms with E-state index in [1.165, 1.54) is 0 Å². The molecule has 0 saturated carbocycles. The first kappa shape index (κ1) is 10.8. The van der Waals surface area contributed by atoms with Crippen LogP contribution in [0.5, 0.6) is 0 Å². The highest BCUT2D eigenvalue weighted by molar-refractivity contribution is 14.1. The summed E-state index contributed by atoms with van der Waals surface area (Å²) in [7, 11) is 1.96. The van der Waals surface area contributed by atoms with Gasteiger partial charge in [-0.1, -0.05) is 22.6 Å². The topological polar surface area (TPSA) is 37.8 Å². The van der Waals surface area contributed by atoms with E-state index in [1.54, 1.807) is 0 Å². The number of alkyl halides is 1. The highest BCUT2D eigenvalue weighted by Crippen LogP contribution is 2.02. The van der Waals surface area contributed by atoms with Gasteiger partial charge in [-0.2, -0.15) is 0 Å². The number of nitrogens with one attached hydrogen (secondary N) is 1. The molecule has 0 aromatic carbocycles. The standard InChI is InChI=1S/C9H14IN3/c1-11-5-2-3-9-12-6-4-8(7-10)13-9/h4,6,11H,2-3,5,7H2,1H3. The Morgan fingerprint density at radius 1 is 1.54 bits per heavy atom. The number of nitrogens with zero attached hydrogens (tertiary/aromatic N) is 2. The normalized spacial score (nSPS) is 10.3. The molecule has 0 radical (unpaired) electrons. The predicted octanol–water partition coefficient (Wildman–Crippen LogP) is 1.56. The van der Waals surface area contributed by atoms with Crippen LogP contribution in [0, 0.1) is 0 Å². The first-order valence-corrected chi connectivity index (χ1v) is 5.90. The Balaban J connectivity index is 2.46. The molecule has 0 aliphatic carbocycles. The molecular weight excluding hydrogens is 277 g/mol. The molecular formula is C9H14IN3. The van der Waals surface area contributed by atoms with Crippen LogP contribution in [0.2, 0.25) is 0 Å². The van der Waals surface area contributed by atoms with Crippen LogP contribution in [0.4, 0.5) is 0 Å². The van der Waals surface area contributed by atoms with Crippen LogP contribution < -0.4 is 5.32 Å². The molecule has 13 heavy (non-hydrogen) atoms. The maximum Gasteiger partial charge on any atom is 0.128 e. The van der Waals surface area contributed by atoms with Crippen LogP contribution in [-0.2, 0) is 10.8 Å². The van der Waals surface area contributed by atoms with Gasteiger partial charge >= 0.3 is 0 Å². The number of rotatable bonds is 5. The third kappa shape index (κ3) is 3.99. The summed E-state index contributed by atoms with van der Waals surface area (Å²) in [5.41, 5.74) is 1.12. The van der Waals surface area contributed by atoms with Crippen molar-refractivity contribution in [1.82, 2.24) is 15.3 Å². The van der Waals surface area contributed by atoms with E-state index in [0.29, 0.717) is 0 Å². The van der Waals surface area contributed by atoms with E-state index in [-0.39, 0.29) is 0 Å². The van der Waals surface area contributed by atoms with Crippen LogP contribution in [0.15, 0.2) is 12.3 Å².